The second-order valence-electron chi connectivity index (χ2n) is 6.84. The van der Waals surface area contributed by atoms with E-state index in [1.807, 2.05) is 35.2 Å². The number of amides is 1. The first kappa shape index (κ1) is 15.8. The van der Waals surface area contributed by atoms with Gasteiger partial charge in [0.25, 0.3) is 5.91 Å². The van der Waals surface area contributed by atoms with Gasteiger partial charge in [-0.25, -0.2) is 0 Å². The van der Waals surface area contributed by atoms with Gasteiger partial charge in [-0.3, -0.25) is 4.79 Å². The smallest absolute Gasteiger partial charge is 0.270 e. The molecule has 1 saturated heterocycles. The molecule has 0 atom stereocenters. The first-order valence-electron chi connectivity index (χ1n) is 8.81. The van der Waals surface area contributed by atoms with E-state index in [1.165, 1.54) is 16.8 Å². The number of carbonyl (C=O) groups is 1. The molecular formula is C21H23N3O. The lowest BCUT2D eigenvalue weighted by molar-refractivity contribution is 0.0742. The molecule has 1 aliphatic heterocycles. The Balaban J connectivity index is 1.47. The fourth-order valence-corrected chi connectivity index (χ4v) is 3.57. The molecule has 2 aromatic carbocycles. The maximum Gasteiger partial charge on any atom is 0.270 e. The van der Waals surface area contributed by atoms with Gasteiger partial charge in [0.2, 0.25) is 0 Å². The summed E-state index contributed by atoms with van der Waals surface area (Å²) in [5.74, 6) is 0.0943. The summed E-state index contributed by atoms with van der Waals surface area (Å²) in [7, 11) is 0. The van der Waals surface area contributed by atoms with E-state index < -0.39 is 0 Å². The van der Waals surface area contributed by atoms with Crippen molar-refractivity contribution in [3.8, 4) is 0 Å². The Morgan fingerprint density at radius 3 is 2.48 bits per heavy atom. The zero-order chi connectivity index (χ0) is 17.4. The van der Waals surface area contributed by atoms with Crippen LogP contribution in [-0.4, -0.2) is 42.0 Å². The molecule has 0 radical (unpaired) electrons. The minimum Gasteiger partial charge on any atom is -0.368 e. The maximum absolute atomic E-state index is 12.8. The molecule has 0 spiro atoms. The summed E-state index contributed by atoms with van der Waals surface area (Å²) in [4.78, 5) is 20.4. The molecule has 1 fully saturated rings. The number of nitrogens with zero attached hydrogens (tertiary/aromatic N) is 2. The first-order valence-corrected chi connectivity index (χ1v) is 8.81. The highest BCUT2D eigenvalue weighted by molar-refractivity contribution is 5.98. The van der Waals surface area contributed by atoms with Crippen molar-refractivity contribution in [3.63, 3.8) is 0 Å². The number of aromatic amines is 1. The molecule has 0 saturated carbocycles. The van der Waals surface area contributed by atoms with Crippen LogP contribution in [-0.2, 0) is 0 Å². The highest BCUT2D eigenvalue weighted by atomic mass is 16.2. The normalized spacial score (nSPS) is 15.0. The molecule has 3 aromatic rings. The summed E-state index contributed by atoms with van der Waals surface area (Å²) in [5, 5.41) is 1.08. The van der Waals surface area contributed by atoms with Crippen LogP contribution in [0.2, 0.25) is 0 Å². The number of hydrogen-bond donors (Lipinski definition) is 1. The van der Waals surface area contributed by atoms with Gasteiger partial charge in [-0.2, -0.15) is 0 Å². The molecule has 1 amide bonds. The Morgan fingerprint density at radius 2 is 1.72 bits per heavy atom. The Bertz CT molecular complexity index is 887. The van der Waals surface area contributed by atoms with Gasteiger partial charge in [-0.15, -0.1) is 0 Å². The minimum atomic E-state index is 0.0943. The van der Waals surface area contributed by atoms with Gasteiger partial charge in [-0.1, -0.05) is 30.3 Å². The largest absolute Gasteiger partial charge is 0.368 e. The molecule has 2 heterocycles. The zero-order valence-corrected chi connectivity index (χ0v) is 14.7. The Morgan fingerprint density at radius 1 is 0.960 bits per heavy atom. The van der Waals surface area contributed by atoms with Gasteiger partial charge < -0.3 is 14.8 Å². The van der Waals surface area contributed by atoms with Crippen molar-refractivity contribution in [2.24, 2.45) is 0 Å². The fourth-order valence-electron chi connectivity index (χ4n) is 3.57. The summed E-state index contributed by atoms with van der Waals surface area (Å²) in [6.07, 6.45) is 0. The van der Waals surface area contributed by atoms with Crippen LogP contribution in [0.1, 0.15) is 21.6 Å². The molecule has 1 N–H and O–H groups in total. The third kappa shape index (κ3) is 3.00. The van der Waals surface area contributed by atoms with Gasteiger partial charge >= 0.3 is 0 Å². The summed E-state index contributed by atoms with van der Waals surface area (Å²) in [6.45, 7) is 7.52. The van der Waals surface area contributed by atoms with Crippen molar-refractivity contribution in [3.05, 3.63) is 65.4 Å². The predicted molar refractivity (Wildman–Crippen MR) is 102 cm³/mol. The van der Waals surface area contributed by atoms with E-state index in [2.05, 4.69) is 41.9 Å². The lowest BCUT2D eigenvalue weighted by Crippen LogP contribution is -2.49. The van der Waals surface area contributed by atoms with Crippen LogP contribution in [0.4, 0.5) is 5.69 Å². The number of benzene rings is 2. The van der Waals surface area contributed by atoms with E-state index >= 15 is 0 Å². The summed E-state index contributed by atoms with van der Waals surface area (Å²) < 4.78 is 0. The van der Waals surface area contributed by atoms with Crippen LogP contribution in [0.15, 0.2) is 48.5 Å². The quantitative estimate of drug-likeness (QED) is 0.776. The van der Waals surface area contributed by atoms with Gasteiger partial charge in [0.15, 0.2) is 0 Å². The third-order valence-electron chi connectivity index (χ3n) is 5.03. The van der Waals surface area contributed by atoms with Crippen molar-refractivity contribution >= 4 is 22.5 Å². The predicted octanol–water partition coefficient (Wildman–Crippen LogP) is 3.75. The van der Waals surface area contributed by atoms with Gasteiger partial charge in [-0.05, 0) is 43.2 Å². The number of aromatic nitrogens is 1. The number of nitrogens with one attached hydrogen (secondary N) is 1. The molecule has 4 heteroatoms. The maximum atomic E-state index is 12.8. The highest BCUT2D eigenvalue weighted by Crippen LogP contribution is 2.23. The summed E-state index contributed by atoms with van der Waals surface area (Å²) in [5.41, 5.74) is 5.55. The second-order valence-corrected chi connectivity index (χ2v) is 6.84. The number of hydrogen-bond acceptors (Lipinski definition) is 2. The van der Waals surface area contributed by atoms with E-state index in [9.17, 15) is 4.79 Å². The van der Waals surface area contributed by atoms with Crippen molar-refractivity contribution in [2.45, 2.75) is 13.8 Å². The zero-order valence-electron chi connectivity index (χ0n) is 14.7. The number of anilines is 1. The summed E-state index contributed by atoms with van der Waals surface area (Å²) in [6, 6.07) is 16.5. The second kappa shape index (κ2) is 6.28. The van der Waals surface area contributed by atoms with Crippen molar-refractivity contribution in [1.82, 2.24) is 9.88 Å². The fraction of sp³-hybridized carbons (Fsp3) is 0.286. The van der Waals surface area contributed by atoms with Gasteiger partial charge in [0, 0.05) is 42.8 Å². The molecule has 128 valence electrons. The lowest BCUT2D eigenvalue weighted by atomic mass is 10.1. The van der Waals surface area contributed by atoms with E-state index in [1.54, 1.807) is 0 Å². The van der Waals surface area contributed by atoms with E-state index in [0.717, 1.165) is 37.1 Å². The molecule has 0 aliphatic carbocycles. The standard InChI is InChI=1S/C21H23N3O/c1-15-7-8-16(2)20(13-15)23-9-11-24(12-10-23)21(25)19-14-17-5-3-4-6-18(17)22-19/h3-8,13-14,22H,9-12H2,1-2H3. The molecule has 4 nitrogen and oxygen atoms in total. The van der Waals surface area contributed by atoms with Crippen molar-refractivity contribution in [1.29, 1.82) is 0 Å². The van der Waals surface area contributed by atoms with Crippen molar-refractivity contribution in [2.75, 3.05) is 31.1 Å². The number of rotatable bonds is 2. The van der Waals surface area contributed by atoms with Crippen LogP contribution in [0.25, 0.3) is 10.9 Å². The Labute approximate surface area is 148 Å². The first-order chi connectivity index (χ1) is 12.1. The van der Waals surface area contributed by atoms with E-state index in [4.69, 9.17) is 0 Å². The van der Waals surface area contributed by atoms with Crippen LogP contribution in [0.3, 0.4) is 0 Å². The molecule has 1 aliphatic rings. The van der Waals surface area contributed by atoms with Gasteiger partial charge in [0.05, 0.1) is 0 Å². The average molecular weight is 333 g/mol. The van der Waals surface area contributed by atoms with E-state index in [0.29, 0.717) is 5.69 Å². The molecule has 0 bridgehead atoms. The monoisotopic (exact) mass is 333 g/mol. The van der Waals surface area contributed by atoms with Crippen LogP contribution < -0.4 is 4.90 Å². The molecule has 4 rings (SSSR count). The Kier molecular flexibility index (Phi) is 3.96. The molecule has 25 heavy (non-hydrogen) atoms. The number of piperazine rings is 1. The minimum absolute atomic E-state index is 0.0943. The van der Waals surface area contributed by atoms with Crippen LogP contribution in [0.5, 0.6) is 0 Å². The van der Waals surface area contributed by atoms with Crippen LogP contribution >= 0.6 is 0 Å². The number of fused-ring (bicyclic) bond motifs is 1. The molecular weight excluding hydrogens is 310 g/mol. The average Bonchev–Trinajstić information content (AvgIpc) is 3.07. The SMILES string of the molecule is Cc1ccc(C)c(N2CCN(C(=O)c3cc4ccccc4[nH]3)CC2)c1. The van der Waals surface area contributed by atoms with Crippen LogP contribution in [0, 0.1) is 13.8 Å². The molecule has 1 aromatic heterocycles. The molecule has 0 unspecified atom stereocenters. The number of aryl methyl sites for hydroxylation is 2. The third-order valence-corrected chi connectivity index (χ3v) is 5.03. The lowest BCUT2D eigenvalue weighted by Gasteiger charge is -2.36. The summed E-state index contributed by atoms with van der Waals surface area (Å²) >= 11 is 0. The highest BCUT2D eigenvalue weighted by Gasteiger charge is 2.24. The number of H-pyrrole nitrogens is 1. The van der Waals surface area contributed by atoms with Gasteiger partial charge in [0.1, 0.15) is 5.69 Å². The number of carbonyl (C=O) groups excluding carboxylic acids is 1. The van der Waals surface area contributed by atoms with Crippen molar-refractivity contribution < 1.29 is 4.79 Å². The topological polar surface area (TPSA) is 39.3 Å². The Hall–Kier alpha value is -2.75. The number of para-hydroxylation sites is 1. The van der Waals surface area contributed by atoms with E-state index in [-0.39, 0.29) is 5.91 Å².